The second kappa shape index (κ2) is 5.67. The van der Waals surface area contributed by atoms with Crippen LogP contribution in [0.3, 0.4) is 0 Å². The first-order valence-electron chi connectivity index (χ1n) is 6.30. The lowest BCUT2D eigenvalue weighted by atomic mass is 9.99. The van der Waals surface area contributed by atoms with Crippen LogP contribution in [0.4, 0.5) is 0 Å². The minimum atomic E-state index is 0.204. The number of carbonyl (C=O) groups is 1. The number of benzene rings is 1. The van der Waals surface area contributed by atoms with Crippen LogP contribution in [0, 0.1) is 0 Å². The fourth-order valence-corrected chi connectivity index (χ4v) is 2.68. The Labute approximate surface area is 111 Å². The van der Waals surface area contributed by atoms with Crippen molar-refractivity contribution in [2.24, 2.45) is 0 Å². The molecule has 3 heteroatoms. The molecule has 2 rings (SSSR count). The molecule has 92 valence electrons. The van der Waals surface area contributed by atoms with Gasteiger partial charge in [0, 0.05) is 23.1 Å². The van der Waals surface area contributed by atoms with E-state index in [1.807, 2.05) is 17.0 Å². The fraction of sp³-hybridized carbons (Fsp3) is 0.500. The molecule has 17 heavy (non-hydrogen) atoms. The topological polar surface area (TPSA) is 20.3 Å². The highest BCUT2D eigenvalue weighted by atomic mass is 79.9. The monoisotopic (exact) mass is 295 g/mol. The maximum Gasteiger partial charge on any atom is 0.254 e. The first-order chi connectivity index (χ1) is 8.22. The normalized spacial score (nSPS) is 14.9. The van der Waals surface area contributed by atoms with Gasteiger partial charge >= 0.3 is 0 Å². The van der Waals surface area contributed by atoms with Gasteiger partial charge in [0.1, 0.15) is 0 Å². The van der Waals surface area contributed by atoms with Crippen LogP contribution in [0.1, 0.15) is 42.1 Å². The van der Waals surface area contributed by atoms with Gasteiger partial charge in [0.2, 0.25) is 0 Å². The smallest absolute Gasteiger partial charge is 0.254 e. The number of hydrogen-bond donors (Lipinski definition) is 0. The van der Waals surface area contributed by atoms with E-state index in [1.165, 1.54) is 18.4 Å². The van der Waals surface area contributed by atoms with Crippen LogP contribution in [0.5, 0.6) is 0 Å². The summed E-state index contributed by atoms with van der Waals surface area (Å²) in [5.41, 5.74) is 2.06. The second-order valence-electron chi connectivity index (χ2n) is 4.55. The zero-order chi connectivity index (χ0) is 12.3. The highest BCUT2D eigenvalue weighted by Gasteiger charge is 2.23. The van der Waals surface area contributed by atoms with Crippen molar-refractivity contribution < 1.29 is 4.79 Å². The Bertz CT molecular complexity index is 417. The number of carbonyl (C=O) groups excluding carboxylic acids is 1. The van der Waals surface area contributed by atoms with Crippen LogP contribution < -0.4 is 0 Å². The summed E-state index contributed by atoms with van der Waals surface area (Å²) in [5.74, 6) is 0.204. The molecule has 1 aromatic carbocycles. The molecule has 0 radical (unpaired) electrons. The Morgan fingerprint density at radius 1 is 1.35 bits per heavy atom. The number of halogens is 1. The molecule has 0 fully saturated rings. The molecular formula is C14H18BrNO. The van der Waals surface area contributed by atoms with Crippen molar-refractivity contribution in [3.63, 3.8) is 0 Å². The number of fused-ring (bicyclic) bond motifs is 1. The summed E-state index contributed by atoms with van der Waals surface area (Å²) < 4.78 is 1.06. The van der Waals surface area contributed by atoms with Crippen molar-refractivity contribution in [3.05, 3.63) is 33.8 Å². The van der Waals surface area contributed by atoms with E-state index in [0.29, 0.717) is 0 Å². The highest BCUT2D eigenvalue weighted by molar-refractivity contribution is 9.10. The van der Waals surface area contributed by atoms with Gasteiger partial charge in [-0.3, -0.25) is 4.79 Å². The van der Waals surface area contributed by atoms with Crippen LogP contribution in [-0.4, -0.2) is 23.9 Å². The van der Waals surface area contributed by atoms with E-state index in [1.54, 1.807) is 0 Å². The Hall–Kier alpha value is -0.830. The summed E-state index contributed by atoms with van der Waals surface area (Å²) in [6, 6.07) is 5.95. The lowest BCUT2D eigenvalue weighted by Gasteiger charge is -2.28. The molecule has 1 aliphatic rings. The standard InChI is InChI=1S/C14H18BrNO/c1-2-3-4-8-16-9-7-11-10-12(15)5-6-13(11)14(16)17/h5-6,10H,2-4,7-9H2,1H3. The fourth-order valence-electron chi connectivity index (χ4n) is 2.27. The molecule has 0 unspecified atom stereocenters. The van der Waals surface area contributed by atoms with E-state index < -0.39 is 0 Å². The van der Waals surface area contributed by atoms with Gasteiger partial charge in [0.25, 0.3) is 5.91 Å². The van der Waals surface area contributed by atoms with Gasteiger partial charge in [-0.2, -0.15) is 0 Å². The Morgan fingerprint density at radius 3 is 2.94 bits per heavy atom. The molecule has 0 N–H and O–H groups in total. The highest BCUT2D eigenvalue weighted by Crippen LogP contribution is 2.23. The van der Waals surface area contributed by atoms with Gasteiger partial charge < -0.3 is 4.90 Å². The van der Waals surface area contributed by atoms with E-state index in [2.05, 4.69) is 28.9 Å². The predicted octanol–water partition coefficient (Wildman–Crippen LogP) is 3.64. The van der Waals surface area contributed by atoms with E-state index in [0.717, 1.165) is 36.0 Å². The maximum absolute atomic E-state index is 12.2. The number of rotatable bonds is 4. The number of hydrogen-bond acceptors (Lipinski definition) is 1. The molecule has 0 saturated heterocycles. The van der Waals surface area contributed by atoms with Crippen molar-refractivity contribution in [2.75, 3.05) is 13.1 Å². The molecule has 0 aliphatic carbocycles. The van der Waals surface area contributed by atoms with Gasteiger partial charge in [-0.1, -0.05) is 35.7 Å². The van der Waals surface area contributed by atoms with E-state index in [-0.39, 0.29) is 5.91 Å². The maximum atomic E-state index is 12.2. The lowest BCUT2D eigenvalue weighted by molar-refractivity contribution is 0.0737. The Morgan fingerprint density at radius 2 is 2.18 bits per heavy atom. The molecular weight excluding hydrogens is 278 g/mol. The average molecular weight is 296 g/mol. The third-order valence-electron chi connectivity index (χ3n) is 3.27. The van der Waals surface area contributed by atoms with Gasteiger partial charge in [0.15, 0.2) is 0 Å². The first-order valence-corrected chi connectivity index (χ1v) is 7.09. The van der Waals surface area contributed by atoms with Crippen LogP contribution >= 0.6 is 15.9 Å². The molecule has 0 atom stereocenters. The number of unbranched alkanes of at least 4 members (excludes halogenated alkanes) is 2. The van der Waals surface area contributed by atoms with E-state index in [4.69, 9.17) is 0 Å². The molecule has 1 aromatic rings. The van der Waals surface area contributed by atoms with Crippen molar-refractivity contribution in [1.82, 2.24) is 4.90 Å². The number of amides is 1. The quantitative estimate of drug-likeness (QED) is 0.777. The van der Waals surface area contributed by atoms with Crippen molar-refractivity contribution in [3.8, 4) is 0 Å². The summed E-state index contributed by atoms with van der Waals surface area (Å²) in [4.78, 5) is 14.2. The predicted molar refractivity (Wildman–Crippen MR) is 73.3 cm³/mol. The summed E-state index contributed by atoms with van der Waals surface area (Å²) in [7, 11) is 0. The van der Waals surface area contributed by atoms with E-state index >= 15 is 0 Å². The largest absolute Gasteiger partial charge is 0.338 e. The van der Waals surface area contributed by atoms with Crippen LogP contribution in [-0.2, 0) is 6.42 Å². The molecule has 0 aromatic heterocycles. The van der Waals surface area contributed by atoms with Gasteiger partial charge in [0.05, 0.1) is 0 Å². The van der Waals surface area contributed by atoms with Crippen molar-refractivity contribution >= 4 is 21.8 Å². The molecule has 1 heterocycles. The minimum Gasteiger partial charge on any atom is -0.338 e. The zero-order valence-electron chi connectivity index (χ0n) is 10.2. The third kappa shape index (κ3) is 2.89. The zero-order valence-corrected chi connectivity index (χ0v) is 11.8. The molecule has 1 aliphatic heterocycles. The second-order valence-corrected chi connectivity index (χ2v) is 5.47. The van der Waals surface area contributed by atoms with Crippen LogP contribution in [0.2, 0.25) is 0 Å². The molecule has 0 bridgehead atoms. The van der Waals surface area contributed by atoms with Crippen LogP contribution in [0.25, 0.3) is 0 Å². The van der Waals surface area contributed by atoms with Crippen molar-refractivity contribution in [2.45, 2.75) is 32.6 Å². The van der Waals surface area contributed by atoms with Gasteiger partial charge in [-0.05, 0) is 36.6 Å². The molecule has 2 nitrogen and oxygen atoms in total. The minimum absolute atomic E-state index is 0.204. The summed E-state index contributed by atoms with van der Waals surface area (Å²) in [6.45, 7) is 3.96. The van der Waals surface area contributed by atoms with Gasteiger partial charge in [-0.15, -0.1) is 0 Å². The lowest BCUT2D eigenvalue weighted by Crippen LogP contribution is -2.38. The van der Waals surface area contributed by atoms with Crippen LogP contribution in [0.15, 0.2) is 22.7 Å². The van der Waals surface area contributed by atoms with Gasteiger partial charge in [-0.25, -0.2) is 0 Å². The summed E-state index contributed by atoms with van der Waals surface area (Å²) in [6.07, 6.45) is 4.50. The first kappa shape index (κ1) is 12.6. The summed E-state index contributed by atoms with van der Waals surface area (Å²) in [5, 5.41) is 0. The number of nitrogens with zero attached hydrogens (tertiary/aromatic N) is 1. The van der Waals surface area contributed by atoms with Crippen molar-refractivity contribution in [1.29, 1.82) is 0 Å². The average Bonchev–Trinajstić information content (AvgIpc) is 2.32. The molecule has 1 amide bonds. The summed E-state index contributed by atoms with van der Waals surface area (Å²) >= 11 is 3.45. The van der Waals surface area contributed by atoms with E-state index in [9.17, 15) is 4.79 Å². The Kier molecular flexibility index (Phi) is 4.21. The molecule has 0 spiro atoms. The third-order valence-corrected chi connectivity index (χ3v) is 3.76. The molecule has 0 saturated carbocycles. The SMILES string of the molecule is CCCCCN1CCc2cc(Br)ccc2C1=O. The Balaban J connectivity index is 2.08.